The van der Waals surface area contributed by atoms with Crippen LogP contribution in [0.15, 0.2) is 32.9 Å². The van der Waals surface area contributed by atoms with Crippen LogP contribution in [0.25, 0.3) is 11.2 Å². The van der Waals surface area contributed by atoms with E-state index in [1.165, 1.54) is 22.7 Å². The first-order valence-corrected chi connectivity index (χ1v) is 9.27. The smallest absolute Gasteiger partial charge is 0.294 e. The molecule has 1 atom stereocenters. The molecule has 2 aromatic heterocycles. The predicted molar refractivity (Wildman–Crippen MR) is 110 cm³/mol. The van der Waals surface area contributed by atoms with Crippen LogP contribution in [-0.4, -0.2) is 24.4 Å². The van der Waals surface area contributed by atoms with Crippen LogP contribution in [0.5, 0.6) is 0 Å². The largest absolute Gasteiger partial charge is 0.332 e. The lowest BCUT2D eigenvalue weighted by Crippen LogP contribution is -2.38. The summed E-state index contributed by atoms with van der Waals surface area (Å²) in [4.78, 5) is 29.9. The van der Waals surface area contributed by atoms with Gasteiger partial charge >= 0.3 is 5.69 Å². The van der Waals surface area contributed by atoms with Crippen molar-refractivity contribution >= 4 is 22.8 Å². The van der Waals surface area contributed by atoms with Gasteiger partial charge in [0.15, 0.2) is 11.2 Å². The van der Waals surface area contributed by atoms with E-state index in [0.717, 1.165) is 15.8 Å². The second-order valence-electron chi connectivity index (χ2n) is 7.56. The summed E-state index contributed by atoms with van der Waals surface area (Å²) in [6.07, 6.45) is 0. The van der Waals surface area contributed by atoms with Crippen molar-refractivity contribution in [1.82, 2.24) is 18.7 Å². The zero-order valence-corrected chi connectivity index (χ0v) is 17.0. The standard InChI is InChI=1S/C20H24N6O2/c1-11-7-8-12(2)15(9-11)10-25-19-21-17-16(26(19)14(4)13(3)22-25)18(27)24(6)20(28)23(17)5/h7-9,14H,10H2,1-6H3/t14-/m1/s1. The van der Waals surface area contributed by atoms with Crippen LogP contribution in [-0.2, 0) is 20.6 Å². The van der Waals surface area contributed by atoms with Gasteiger partial charge in [0.2, 0.25) is 5.95 Å². The van der Waals surface area contributed by atoms with Crippen molar-refractivity contribution in [3.63, 3.8) is 0 Å². The summed E-state index contributed by atoms with van der Waals surface area (Å²) in [6.45, 7) is 8.60. The van der Waals surface area contributed by atoms with Crippen LogP contribution in [0.3, 0.4) is 0 Å². The third kappa shape index (κ3) is 2.51. The summed E-state index contributed by atoms with van der Waals surface area (Å²) in [5.41, 5.74) is 4.45. The Hall–Kier alpha value is -3.16. The summed E-state index contributed by atoms with van der Waals surface area (Å²) >= 11 is 0. The first-order chi connectivity index (χ1) is 13.2. The van der Waals surface area contributed by atoms with Gasteiger partial charge in [-0.15, -0.1) is 0 Å². The quantitative estimate of drug-likeness (QED) is 0.681. The van der Waals surface area contributed by atoms with Crippen molar-refractivity contribution in [2.75, 3.05) is 5.01 Å². The van der Waals surface area contributed by atoms with Gasteiger partial charge in [-0.05, 0) is 38.8 Å². The number of benzene rings is 1. The highest BCUT2D eigenvalue weighted by molar-refractivity contribution is 5.91. The van der Waals surface area contributed by atoms with Crippen molar-refractivity contribution in [2.24, 2.45) is 19.2 Å². The van der Waals surface area contributed by atoms with Crippen LogP contribution in [0.4, 0.5) is 5.95 Å². The van der Waals surface area contributed by atoms with Crippen molar-refractivity contribution in [3.05, 3.63) is 55.7 Å². The fourth-order valence-corrected chi connectivity index (χ4v) is 3.70. The number of hydrazone groups is 1. The molecule has 8 nitrogen and oxygen atoms in total. The van der Waals surface area contributed by atoms with E-state index in [0.29, 0.717) is 23.7 Å². The summed E-state index contributed by atoms with van der Waals surface area (Å²) in [6, 6.07) is 6.19. The van der Waals surface area contributed by atoms with Crippen LogP contribution < -0.4 is 16.3 Å². The van der Waals surface area contributed by atoms with E-state index in [1.54, 1.807) is 7.05 Å². The maximum atomic E-state index is 12.9. The van der Waals surface area contributed by atoms with E-state index in [2.05, 4.69) is 37.0 Å². The Morgan fingerprint density at radius 3 is 2.50 bits per heavy atom. The molecule has 0 aliphatic carbocycles. The Balaban J connectivity index is 1.97. The minimum Gasteiger partial charge on any atom is -0.294 e. The number of aryl methyl sites for hydroxylation is 3. The molecule has 4 rings (SSSR count). The Morgan fingerprint density at radius 2 is 1.79 bits per heavy atom. The number of fused-ring (bicyclic) bond motifs is 3. The van der Waals surface area contributed by atoms with Gasteiger partial charge in [0.1, 0.15) is 0 Å². The topological polar surface area (TPSA) is 77.4 Å². The lowest BCUT2D eigenvalue weighted by atomic mass is 10.1. The molecule has 3 aromatic rings. The van der Waals surface area contributed by atoms with Gasteiger partial charge in [0, 0.05) is 14.1 Å². The minimum atomic E-state index is -0.390. The molecule has 1 aliphatic rings. The van der Waals surface area contributed by atoms with E-state index < -0.39 is 0 Å². The molecule has 1 aliphatic heterocycles. The Kier molecular flexibility index (Phi) is 4.02. The molecule has 146 valence electrons. The molecule has 0 saturated heterocycles. The number of anilines is 1. The fraction of sp³-hybridized carbons (Fsp3) is 0.400. The summed E-state index contributed by atoms with van der Waals surface area (Å²) < 4.78 is 4.44. The molecule has 0 unspecified atom stereocenters. The number of nitrogens with zero attached hydrogens (tertiary/aromatic N) is 6. The third-order valence-corrected chi connectivity index (χ3v) is 5.60. The lowest BCUT2D eigenvalue weighted by Gasteiger charge is -2.29. The molecule has 0 amide bonds. The van der Waals surface area contributed by atoms with Gasteiger partial charge < -0.3 is 0 Å². The molecule has 8 heteroatoms. The van der Waals surface area contributed by atoms with E-state index in [-0.39, 0.29) is 17.3 Å². The lowest BCUT2D eigenvalue weighted by molar-refractivity contribution is 0.633. The molecule has 1 aromatic carbocycles. The SMILES string of the molecule is CC1=NN(Cc2cc(C)ccc2C)c2nc3c(c(=O)n(C)c(=O)n3C)n2[C@@H]1C. The van der Waals surface area contributed by atoms with Crippen LogP contribution in [0.1, 0.15) is 36.6 Å². The molecule has 0 fully saturated rings. The maximum Gasteiger partial charge on any atom is 0.332 e. The maximum absolute atomic E-state index is 12.9. The molecule has 0 saturated carbocycles. The van der Waals surface area contributed by atoms with Crippen LogP contribution in [0.2, 0.25) is 0 Å². The van der Waals surface area contributed by atoms with Crippen molar-refractivity contribution in [3.8, 4) is 0 Å². The van der Waals surface area contributed by atoms with Gasteiger partial charge in [-0.25, -0.2) is 9.80 Å². The Labute approximate surface area is 162 Å². The van der Waals surface area contributed by atoms with E-state index in [1.807, 2.05) is 23.4 Å². The highest BCUT2D eigenvalue weighted by Crippen LogP contribution is 2.31. The predicted octanol–water partition coefficient (Wildman–Crippen LogP) is 2.01. The summed E-state index contributed by atoms with van der Waals surface area (Å²) in [5.74, 6) is 0.576. The van der Waals surface area contributed by atoms with E-state index >= 15 is 0 Å². The monoisotopic (exact) mass is 380 g/mol. The Morgan fingerprint density at radius 1 is 1.07 bits per heavy atom. The molecular weight excluding hydrogens is 356 g/mol. The Bertz CT molecular complexity index is 1260. The van der Waals surface area contributed by atoms with E-state index in [4.69, 9.17) is 5.10 Å². The molecule has 28 heavy (non-hydrogen) atoms. The van der Waals surface area contributed by atoms with Gasteiger partial charge in [-0.2, -0.15) is 10.1 Å². The molecular formula is C20H24N6O2. The van der Waals surface area contributed by atoms with Gasteiger partial charge in [0.05, 0.1) is 18.3 Å². The molecule has 3 heterocycles. The summed E-state index contributed by atoms with van der Waals surface area (Å²) in [5, 5.41) is 6.56. The van der Waals surface area contributed by atoms with E-state index in [9.17, 15) is 9.59 Å². The average molecular weight is 380 g/mol. The van der Waals surface area contributed by atoms with Crippen LogP contribution >= 0.6 is 0 Å². The molecule has 0 radical (unpaired) electrons. The highest BCUT2D eigenvalue weighted by Gasteiger charge is 2.30. The second-order valence-corrected chi connectivity index (χ2v) is 7.56. The normalized spacial score (nSPS) is 16.4. The zero-order chi connectivity index (χ0) is 20.3. The second kappa shape index (κ2) is 6.19. The first-order valence-electron chi connectivity index (χ1n) is 9.27. The third-order valence-electron chi connectivity index (χ3n) is 5.60. The zero-order valence-electron chi connectivity index (χ0n) is 17.0. The van der Waals surface area contributed by atoms with Gasteiger partial charge in [-0.1, -0.05) is 23.8 Å². The first kappa shape index (κ1) is 18.2. The van der Waals surface area contributed by atoms with Crippen molar-refractivity contribution < 1.29 is 0 Å². The molecule has 0 spiro atoms. The minimum absolute atomic E-state index is 0.125. The molecule has 0 bridgehead atoms. The van der Waals surface area contributed by atoms with Crippen LogP contribution in [0, 0.1) is 13.8 Å². The van der Waals surface area contributed by atoms with Gasteiger partial charge in [-0.3, -0.25) is 18.5 Å². The fourth-order valence-electron chi connectivity index (χ4n) is 3.70. The van der Waals surface area contributed by atoms with Crippen molar-refractivity contribution in [1.29, 1.82) is 0 Å². The number of hydrogen-bond acceptors (Lipinski definition) is 5. The van der Waals surface area contributed by atoms with Gasteiger partial charge in [0.25, 0.3) is 5.56 Å². The summed E-state index contributed by atoms with van der Waals surface area (Å²) in [7, 11) is 3.13. The highest BCUT2D eigenvalue weighted by atomic mass is 16.2. The number of rotatable bonds is 2. The number of imidazole rings is 1. The molecule has 0 N–H and O–H groups in total. The number of aromatic nitrogens is 4. The van der Waals surface area contributed by atoms with Crippen molar-refractivity contribution in [2.45, 2.75) is 40.3 Å². The average Bonchev–Trinajstić information content (AvgIpc) is 3.06. The number of hydrogen-bond donors (Lipinski definition) is 0.